The van der Waals surface area contributed by atoms with Crippen molar-refractivity contribution in [3.63, 3.8) is 0 Å². The van der Waals surface area contributed by atoms with E-state index in [1.165, 1.54) is 17.4 Å². The first-order valence-electron chi connectivity index (χ1n) is 8.31. The van der Waals surface area contributed by atoms with Crippen LogP contribution < -0.4 is 5.73 Å². The first kappa shape index (κ1) is 17.7. The third-order valence-corrected chi connectivity index (χ3v) is 5.70. The van der Waals surface area contributed by atoms with Crippen LogP contribution in [-0.4, -0.2) is 16.0 Å². The molecule has 136 valence electrons. The van der Waals surface area contributed by atoms with Crippen LogP contribution in [0.2, 0.25) is 5.02 Å². The summed E-state index contributed by atoms with van der Waals surface area (Å²) in [5.41, 5.74) is 9.05. The number of nitrogen functional groups attached to an aromatic ring is 1. The van der Waals surface area contributed by atoms with Gasteiger partial charge in [-0.2, -0.15) is 5.10 Å². The van der Waals surface area contributed by atoms with Crippen molar-refractivity contribution < 1.29 is 9.18 Å². The molecule has 3 N–H and O–H groups in total. The molecule has 0 fully saturated rings. The number of benzene rings is 2. The Bertz CT molecular complexity index is 1130. The summed E-state index contributed by atoms with van der Waals surface area (Å²) in [5, 5.41) is 10.4. The lowest BCUT2D eigenvalue weighted by Gasteiger charge is -2.04. The number of carbonyl (C=O) groups is 1. The van der Waals surface area contributed by atoms with Gasteiger partial charge >= 0.3 is 0 Å². The lowest BCUT2D eigenvalue weighted by Crippen LogP contribution is -2.01. The molecule has 4 nitrogen and oxygen atoms in total. The number of anilines is 1. The van der Waals surface area contributed by atoms with E-state index in [0.717, 1.165) is 21.5 Å². The van der Waals surface area contributed by atoms with Gasteiger partial charge in [-0.25, -0.2) is 4.39 Å². The van der Waals surface area contributed by atoms with E-state index in [0.29, 0.717) is 21.8 Å². The number of carbonyl (C=O) groups excluding carboxylic acids is 1. The molecule has 2 heterocycles. The molecule has 0 aliphatic heterocycles. The fourth-order valence-electron chi connectivity index (χ4n) is 2.99. The number of nitrogens with one attached hydrogen (secondary N) is 1. The van der Waals surface area contributed by atoms with Gasteiger partial charge in [0.15, 0.2) is 5.78 Å². The Morgan fingerprint density at radius 3 is 2.93 bits per heavy atom. The lowest BCUT2D eigenvalue weighted by atomic mass is 10.0. The van der Waals surface area contributed by atoms with Gasteiger partial charge in [-0.3, -0.25) is 9.89 Å². The van der Waals surface area contributed by atoms with Crippen molar-refractivity contribution in [1.82, 2.24) is 10.2 Å². The van der Waals surface area contributed by atoms with Crippen LogP contribution in [0.15, 0.2) is 47.8 Å². The molecule has 27 heavy (non-hydrogen) atoms. The number of nitrogens with two attached hydrogens (primary N) is 1. The summed E-state index contributed by atoms with van der Waals surface area (Å²) < 4.78 is 13.9. The lowest BCUT2D eigenvalue weighted by molar-refractivity contribution is 0.0983. The number of ketones is 1. The van der Waals surface area contributed by atoms with Crippen molar-refractivity contribution >= 4 is 45.3 Å². The van der Waals surface area contributed by atoms with Crippen LogP contribution in [0.3, 0.4) is 0 Å². The first-order chi connectivity index (χ1) is 13.0. The highest BCUT2D eigenvalue weighted by Gasteiger charge is 2.15. The second-order valence-corrected chi connectivity index (χ2v) is 7.52. The fraction of sp³-hybridized carbons (Fsp3) is 0.100. The molecule has 0 aliphatic carbocycles. The van der Waals surface area contributed by atoms with Crippen molar-refractivity contribution in [2.45, 2.75) is 12.8 Å². The number of thiophene rings is 1. The van der Waals surface area contributed by atoms with Gasteiger partial charge in [-0.15, -0.1) is 11.3 Å². The number of halogens is 2. The van der Waals surface area contributed by atoms with Crippen LogP contribution in [0.25, 0.3) is 21.5 Å². The number of hydrogen-bond acceptors (Lipinski definition) is 4. The summed E-state index contributed by atoms with van der Waals surface area (Å²) in [5.74, 6) is -0.440. The van der Waals surface area contributed by atoms with Gasteiger partial charge in [0.05, 0.1) is 10.4 Å². The van der Waals surface area contributed by atoms with Crippen molar-refractivity contribution in [2.24, 2.45) is 0 Å². The van der Waals surface area contributed by atoms with E-state index >= 15 is 0 Å². The van der Waals surface area contributed by atoms with Crippen LogP contribution >= 0.6 is 22.9 Å². The Morgan fingerprint density at radius 1 is 1.26 bits per heavy atom. The van der Waals surface area contributed by atoms with E-state index in [-0.39, 0.29) is 24.4 Å². The number of fused-ring (bicyclic) bond motifs is 1. The molecule has 0 aliphatic rings. The summed E-state index contributed by atoms with van der Waals surface area (Å²) in [4.78, 5) is 13.4. The number of hydrogen-bond donors (Lipinski definition) is 2. The van der Waals surface area contributed by atoms with Gasteiger partial charge in [0.25, 0.3) is 0 Å². The molecule has 4 rings (SSSR count). The average Bonchev–Trinajstić information content (AvgIpc) is 3.27. The van der Waals surface area contributed by atoms with E-state index in [4.69, 9.17) is 17.3 Å². The molecule has 0 atom stereocenters. The molecular formula is C20H15ClFN3OS. The SMILES string of the molecule is Nc1ccc2c(-c3cc(C(=O)CCc4c(F)cccc4Cl)cs3)n[nH]c2c1. The van der Waals surface area contributed by atoms with E-state index in [1.54, 1.807) is 17.5 Å². The second kappa shape index (κ2) is 7.13. The molecule has 0 radical (unpaired) electrons. The monoisotopic (exact) mass is 399 g/mol. The largest absolute Gasteiger partial charge is 0.399 e. The quantitative estimate of drug-likeness (QED) is 0.344. The number of Topliss-reactive ketones (excluding diaryl/α,β-unsaturated/α-hetero) is 1. The molecule has 0 saturated heterocycles. The zero-order valence-electron chi connectivity index (χ0n) is 14.1. The maximum atomic E-state index is 13.9. The first-order valence-corrected chi connectivity index (χ1v) is 9.57. The van der Waals surface area contributed by atoms with E-state index in [2.05, 4.69) is 10.2 Å². The van der Waals surface area contributed by atoms with Gasteiger partial charge < -0.3 is 5.73 Å². The third kappa shape index (κ3) is 3.46. The summed E-state index contributed by atoms with van der Waals surface area (Å²) in [7, 11) is 0. The summed E-state index contributed by atoms with van der Waals surface area (Å²) >= 11 is 7.48. The number of aromatic nitrogens is 2. The normalized spacial score (nSPS) is 11.2. The number of rotatable bonds is 5. The zero-order chi connectivity index (χ0) is 19.0. The average molecular weight is 400 g/mol. The molecule has 0 spiro atoms. The highest BCUT2D eigenvalue weighted by molar-refractivity contribution is 7.14. The molecule has 2 aromatic heterocycles. The van der Waals surface area contributed by atoms with Crippen molar-refractivity contribution in [1.29, 1.82) is 0 Å². The molecule has 4 aromatic rings. The Labute approximate surface area is 163 Å². The van der Waals surface area contributed by atoms with Gasteiger partial charge in [0.2, 0.25) is 0 Å². The van der Waals surface area contributed by atoms with Crippen LogP contribution in [0, 0.1) is 5.82 Å². The number of H-pyrrole nitrogens is 1. The standard InChI is InChI=1S/C20H15ClFN3OS/c21-15-2-1-3-16(22)13(15)6-7-18(26)11-8-19(27-10-11)20-14-5-4-12(23)9-17(14)24-25-20/h1-5,8-10H,6-7,23H2,(H,24,25). The topological polar surface area (TPSA) is 71.8 Å². The summed E-state index contributed by atoms with van der Waals surface area (Å²) in [6.07, 6.45) is 0.453. The van der Waals surface area contributed by atoms with Gasteiger partial charge in [-0.05, 0) is 42.8 Å². The maximum absolute atomic E-state index is 13.9. The van der Waals surface area contributed by atoms with E-state index < -0.39 is 0 Å². The molecule has 7 heteroatoms. The minimum absolute atomic E-state index is 0.0547. The highest BCUT2D eigenvalue weighted by Crippen LogP contribution is 2.32. The second-order valence-electron chi connectivity index (χ2n) is 6.20. The molecule has 0 amide bonds. The van der Waals surface area contributed by atoms with E-state index in [9.17, 15) is 9.18 Å². The smallest absolute Gasteiger partial charge is 0.164 e. The summed E-state index contributed by atoms with van der Waals surface area (Å²) in [6.45, 7) is 0. The van der Waals surface area contributed by atoms with Gasteiger partial charge in [0.1, 0.15) is 11.5 Å². The van der Waals surface area contributed by atoms with Crippen LogP contribution in [0.1, 0.15) is 22.3 Å². The number of nitrogens with zero attached hydrogens (tertiary/aromatic N) is 1. The van der Waals surface area contributed by atoms with Crippen molar-refractivity contribution in [2.75, 3.05) is 5.73 Å². The van der Waals surface area contributed by atoms with Gasteiger partial charge in [0, 0.05) is 39.0 Å². The van der Waals surface area contributed by atoms with Gasteiger partial charge in [-0.1, -0.05) is 17.7 Å². The Hall–Kier alpha value is -2.70. The highest BCUT2D eigenvalue weighted by atomic mass is 35.5. The van der Waals surface area contributed by atoms with Crippen LogP contribution in [0.4, 0.5) is 10.1 Å². The Balaban J connectivity index is 1.54. The predicted octanol–water partition coefficient (Wildman–Crippen LogP) is 5.48. The minimum atomic E-state index is -0.386. The molecule has 0 unspecified atom stereocenters. The predicted molar refractivity (Wildman–Crippen MR) is 108 cm³/mol. The molecule has 2 aromatic carbocycles. The molecular weight excluding hydrogens is 385 g/mol. The number of aromatic amines is 1. The Kier molecular flexibility index (Phi) is 4.68. The Morgan fingerprint density at radius 2 is 2.11 bits per heavy atom. The maximum Gasteiger partial charge on any atom is 0.164 e. The summed E-state index contributed by atoms with van der Waals surface area (Å²) in [6, 6.07) is 11.9. The minimum Gasteiger partial charge on any atom is -0.399 e. The van der Waals surface area contributed by atoms with Crippen LogP contribution in [-0.2, 0) is 6.42 Å². The van der Waals surface area contributed by atoms with Crippen molar-refractivity contribution in [3.05, 3.63) is 69.8 Å². The third-order valence-electron chi connectivity index (χ3n) is 4.41. The molecule has 0 saturated carbocycles. The van der Waals surface area contributed by atoms with Crippen LogP contribution in [0.5, 0.6) is 0 Å². The zero-order valence-corrected chi connectivity index (χ0v) is 15.7. The van der Waals surface area contributed by atoms with E-state index in [1.807, 2.05) is 24.3 Å². The van der Waals surface area contributed by atoms with Crippen molar-refractivity contribution in [3.8, 4) is 10.6 Å². The molecule has 0 bridgehead atoms. The fourth-order valence-corrected chi connectivity index (χ4v) is 4.16.